The number of hydrogen-bond acceptors (Lipinski definition) is 9. The highest BCUT2D eigenvalue weighted by Gasteiger charge is 2.45. The van der Waals surface area contributed by atoms with E-state index in [-0.39, 0.29) is 43.8 Å². The maximum atomic E-state index is 13.7. The summed E-state index contributed by atoms with van der Waals surface area (Å²) in [7, 11) is 1.26. The number of ether oxygens (including phenoxy) is 2. The van der Waals surface area contributed by atoms with Gasteiger partial charge < -0.3 is 19.0 Å². The minimum atomic E-state index is -0.922. The number of thiazole rings is 1. The second kappa shape index (κ2) is 8.55. The fraction of sp³-hybridized carbons (Fsp3) is 0.200. The molecule has 0 saturated carbocycles. The van der Waals surface area contributed by atoms with Crippen LogP contribution in [-0.2, 0) is 4.74 Å². The zero-order chi connectivity index (χ0) is 24.9. The molecule has 0 fully saturated rings. The Kier molecular flexibility index (Phi) is 5.52. The van der Waals surface area contributed by atoms with Crippen molar-refractivity contribution in [2.45, 2.75) is 19.9 Å². The number of anilines is 1. The lowest BCUT2D eigenvalue weighted by Crippen LogP contribution is -2.29. The SMILES string of the molecule is CCOc1cc([C@@H]2c3c(oc4ccccc4c3=O)C(=O)N2c2nc(C)c(C(=O)OC)s2)ccc1O. The number of aromatic hydroxyl groups is 1. The zero-order valence-corrected chi connectivity index (χ0v) is 19.8. The average Bonchev–Trinajstić information content (AvgIpc) is 3.37. The Bertz CT molecular complexity index is 1560. The van der Waals surface area contributed by atoms with Gasteiger partial charge >= 0.3 is 5.97 Å². The van der Waals surface area contributed by atoms with Crippen molar-refractivity contribution in [1.82, 2.24) is 4.98 Å². The van der Waals surface area contributed by atoms with Gasteiger partial charge in [-0.05, 0) is 43.7 Å². The van der Waals surface area contributed by atoms with E-state index in [0.29, 0.717) is 23.3 Å². The van der Waals surface area contributed by atoms with Crippen LogP contribution in [0.3, 0.4) is 0 Å². The Hall–Kier alpha value is -4.18. The Morgan fingerprint density at radius 3 is 2.74 bits per heavy atom. The van der Waals surface area contributed by atoms with Crippen LogP contribution in [0.15, 0.2) is 51.7 Å². The maximum Gasteiger partial charge on any atom is 0.350 e. The summed E-state index contributed by atoms with van der Waals surface area (Å²) >= 11 is 0.985. The summed E-state index contributed by atoms with van der Waals surface area (Å²) in [4.78, 5) is 45.5. The van der Waals surface area contributed by atoms with Crippen LogP contribution in [0.5, 0.6) is 11.5 Å². The molecule has 0 saturated heterocycles. The van der Waals surface area contributed by atoms with E-state index in [2.05, 4.69) is 4.98 Å². The summed E-state index contributed by atoms with van der Waals surface area (Å²) in [6, 6.07) is 10.4. The largest absolute Gasteiger partial charge is 0.504 e. The van der Waals surface area contributed by atoms with Gasteiger partial charge in [0.25, 0.3) is 5.91 Å². The second-order valence-corrected chi connectivity index (χ2v) is 8.79. The van der Waals surface area contributed by atoms with Gasteiger partial charge in [0, 0.05) is 0 Å². The Balaban J connectivity index is 1.78. The number of methoxy groups -OCH3 is 1. The van der Waals surface area contributed by atoms with E-state index in [1.54, 1.807) is 50.2 Å². The van der Waals surface area contributed by atoms with E-state index < -0.39 is 17.9 Å². The van der Waals surface area contributed by atoms with E-state index in [0.717, 1.165) is 11.3 Å². The molecule has 0 radical (unpaired) electrons. The molecule has 1 aliphatic heterocycles. The van der Waals surface area contributed by atoms with Crippen LogP contribution in [0.4, 0.5) is 5.13 Å². The summed E-state index contributed by atoms with van der Waals surface area (Å²) in [5.74, 6) is -1.10. The number of carbonyl (C=O) groups is 2. The Labute approximate surface area is 203 Å². The molecule has 0 bridgehead atoms. The van der Waals surface area contributed by atoms with Gasteiger partial charge in [0.1, 0.15) is 10.5 Å². The van der Waals surface area contributed by atoms with Crippen LogP contribution in [0.1, 0.15) is 50.0 Å². The number of esters is 1. The fourth-order valence-electron chi connectivity index (χ4n) is 4.17. The second-order valence-electron chi connectivity index (χ2n) is 7.81. The van der Waals surface area contributed by atoms with Crippen molar-refractivity contribution in [3.63, 3.8) is 0 Å². The molecule has 3 heterocycles. The molecule has 4 aromatic rings. The first kappa shape index (κ1) is 22.6. The summed E-state index contributed by atoms with van der Waals surface area (Å²) in [6.45, 7) is 3.72. The van der Waals surface area contributed by atoms with Crippen LogP contribution in [0.2, 0.25) is 0 Å². The summed E-state index contributed by atoms with van der Waals surface area (Å²) < 4.78 is 16.3. The third-order valence-corrected chi connectivity index (χ3v) is 6.88. The molecular weight excluding hydrogens is 472 g/mol. The van der Waals surface area contributed by atoms with Gasteiger partial charge in [-0.3, -0.25) is 14.5 Å². The van der Waals surface area contributed by atoms with Crippen molar-refractivity contribution in [3.05, 3.63) is 80.1 Å². The van der Waals surface area contributed by atoms with Gasteiger partial charge in [0.15, 0.2) is 22.1 Å². The molecule has 2 aromatic heterocycles. The van der Waals surface area contributed by atoms with Gasteiger partial charge in [-0.1, -0.05) is 29.5 Å². The molecule has 1 aliphatic rings. The van der Waals surface area contributed by atoms with Crippen molar-refractivity contribution in [3.8, 4) is 11.5 Å². The zero-order valence-electron chi connectivity index (χ0n) is 19.0. The first-order chi connectivity index (χ1) is 16.8. The van der Waals surface area contributed by atoms with Gasteiger partial charge in [-0.25, -0.2) is 9.78 Å². The smallest absolute Gasteiger partial charge is 0.350 e. The van der Waals surface area contributed by atoms with Crippen LogP contribution in [0, 0.1) is 6.92 Å². The Morgan fingerprint density at radius 2 is 2.00 bits per heavy atom. The number of hydrogen-bond donors (Lipinski definition) is 1. The molecule has 9 nitrogen and oxygen atoms in total. The van der Waals surface area contributed by atoms with Crippen molar-refractivity contribution < 1.29 is 28.6 Å². The molecule has 0 unspecified atom stereocenters. The minimum absolute atomic E-state index is 0.0738. The lowest BCUT2D eigenvalue weighted by molar-refractivity contribution is 0.0605. The van der Waals surface area contributed by atoms with Gasteiger partial charge in [0.2, 0.25) is 5.76 Å². The number of rotatable bonds is 5. The van der Waals surface area contributed by atoms with E-state index in [1.807, 2.05) is 0 Å². The summed E-state index contributed by atoms with van der Waals surface area (Å²) in [5.41, 5.74) is 0.985. The van der Waals surface area contributed by atoms with Crippen molar-refractivity contribution in [2.75, 3.05) is 18.6 Å². The Morgan fingerprint density at radius 1 is 1.23 bits per heavy atom. The van der Waals surface area contributed by atoms with Gasteiger partial charge in [0.05, 0.1) is 36.4 Å². The highest BCUT2D eigenvalue weighted by molar-refractivity contribution is 7.17. The molecule has 1 atom stereocenters. The first-order valence-electron chi connectivity index (χ1n) is 10.8. The number of phenols is 1. The first-order valence-corrected chi connectivity index (χ1v) is 11.6. The lowest BCUT2D eigenvalue weighted by atomic mass is 9.98. The predicted octanol–water partition coefficient (Wildman–Crippen LogP) is 4.20. The lowest BCUT2D eigenvalue weighted by Gasteiger charge is -2.23. The number of benzene rings is 2. The normalized spacial score (nSPS) is 14.9. The van der Waals surface area contributed by atoms with Crippen LogP contribution >= 0.6 is 11.3 Å². The topological polar surface area (TPSA) is 119 Å². The molecule has 1 amide bonds. The number of aryl methyl sites for hydroxylation is 1. The van der Waals surface area contributed by atoms with Crippen LogP contribution in [0.25, 0.3) is 11.0 Å². The van der Waals surface area contributed by atoms with E-state index in [1.165, 1.54) is 18.1 Å². The molecule has 0 aliphatic carbocycles. The minimum Gasteiger partial charge on any atom is -0.504 e. The van der Waals surface area contributed by atoms with Gasteiger partial charge in [-0.2, -0.15) is 0 Å². The van der Waals surface area contributed by atoms with Crippen molar-refractivity contribution in [1.29, 1.82) is 0 Å². The average molecular weight is 493 g/mol. The number of amides is 1. The van der Waals surface area contributed by atoms with Crippen LogP contribution < -0.4 is 15.1 Å². The number of phenolic OH excluding ortho intramolecular Hbond substituents is 1. The monoisotopic (exact) mass is 492 g/mol. The molecule has 10 heteroatoms. The molecule has 178 valence electrons. The van der Waals surface area contributed by atoms with Crippen molar-refractivity contribution >= 4 is 39.3 Å². The molecule has 5 rings (SSSR count). The molecule has 0 spiro atoms. The van der Waals surface area contributed by atoms with E-state index in [9.17, 15) is 19.5 Å². The van der Waals surface area contributed by atoms with Gasteiger partial charge in [-0.15, -0.1) is 0 Å². The maximum absolute atomic E-state index is 13.7. The highest BCUT2D eigenvalue weighted by Crippen LogP contribution is 2.44. The number of fused-ring (bicyclic) bond motifs is 2. The standard InChI is InChI=1S/C25H20N2O7S/c1-4-33-17-11-13(9-10-15(17)28)19-18-20(29)14-7-5-6-8-16(14)34-21(18)23(30)27(19)25-26-12(2)22(35-25)24(31)32-3/h5-11,19,28H,4H2,1-3H3/t19-/m1/s1. The number of aromatic nitrogens is 1. The number of nitrogens with zero attached hydrogens (tertiary/aromatic N) is 2. The number of para-hydroxylation sites is 1. The molecular formula is C25H20N2O7S. The molecule has 2 aromatic carbocycles. The number of carbonyl (C=O) groups excluding carboxylic acids is 2. The van der Waals surface area contributed by atoms with Crippen molar-refractivity contribution in [2.24, 2.45) is 0 Å². The third-order valence-electron chi connectivity index (χ3n) is 5.74. The van der Waals surface area contributed by atoms with Crippen LogP contribution in [-0.4, -0.2) is 35.7 Å². The fourth-order valence-corrected chi connectivity index (χ4v) is 5.18. The van der Waals surface area contributed by atoms with E-state index >= 15 is 0 Å². The molecule has 1 N–H and O–H groups in total. The van der Waals surface area contributed by atoms with E-state index in [4.69, 9.17) is 13.9 Å². The highest BCUT2D eigenvalue weighted by atomic mass is 32.1. The summed E-state index contributed by atoms with van der Waals surface area (Å²) in [6.07, 6.45) is 0. The molecule has 35 heavy (non-hydrogen) atoms. The predicted molar refractivity (Wildman–Crippen MR) is 129 cm³/mol. The third kappa shape index (κ3) is 3.53. The summed E-state index contributed by atoms with van der Waals surface area (Å²) in [5, 5.41) is 10.8. The quantitative estimate of drug-likeness (QED) is 0.412.